The summed E-state index contributed by atoms with van der Waals surface area (Å²) < 4.78 is 11.1. The van der Waals surface area contributed by atoms with Gasteiger partial charge in [0.2, 0.25) is 5.91 Å². The summed E-state index contributed by atoms with van der Waals surface area (Å²) >= 11 is 0. The van der Waals surface area contributed by atoms with E-state index in [4.69, 9.17) is 9.26 Å². The summed E-state index contributed by atoms with van der Waals surface area (Å²) in [6.07, 6.45) is 6.47. The van der Waals surface area contributed by atoms with E-state index in [0.717, 1.165) is 53.7 Å². The van der Waals surface area contributed by atoms with Crippen LogP contribution < -0.4 is 4.74 Å². The lowest BCUT2D eigenvalue weighted by molar-refractivity contribution is -0.131. The average Bonchev–Trinajstić information content (AvgIpc) is 3.41. The van der Waals surface area contributed by atoms with Crippen LogP contribution in [0.25, 0.3) is 0 Å². The van der Waals surface area contributed by atoms with E-state index in [-0.39, 0.29) is 5.91 Å². The second kappa shape index (κ2) is 7.75. The van der Waals surface area contributed by atoms with Gasteiger partial charge in [0, 0.05) is 18.2 Å². The fourth-order valence-electron chi connectivity index (χ4n) is 3.58. The molecule has 144 valence electrons. The van der Waals surface area contributed by atoms with Crippen LogP contribution in [0.3, 0.4) is 0 Å². The van der Waals surface area contributed by atoms with Gasteiger partial charge in [-0.3, -0.25) is 4.79 Å². The summed E-state index contributed by atoms with van der Waals surface area (Å²) in [4.78, 5) is 14.9. The fourth-order valence-corrected chi connectivity index (χ4v) is 3.58. The molecule has 2 aliphatic rings. The Morgan fingerprint density at radius 3 is 2.48 bits per heavy atom. The highest BCUT2D eigenvalue weighted by atomic mass is 16.5. The van der Waals surface area contributed by atoms with E-state index < -0.39 is 0 Å². The smallest absolute Gasteiger partial charge is 0.227 e. The molecular weight excluding hydrogens is 340 g/mol. The van der Waals surface area contributed by atoms with E-state index in [1.54, 1.807) is 0 Å². The number of benzene rings is 1. The highest BCUT2D eigenvalue weighted by Crippen LogP contribution is 2.30. The Kier molecular flexibility index (Phi) is 5.19. The molecule has 0 radical (unpaired) electrons. The molecule has 2 aromatic rings. The SMILES string of the molecule is Cc1noc(C)c1CC(=O)N(Cc1ccc(OCC2CCC2)cc1)C1CC1. The van der Waals surface area contributed by atoms with Gasteiger partial charge in [-0.25, -0.2) is 0 Å². The lowest BCUT2D eigenvalue weighted by atomic mass is 9.86. The van der Waals surface area contributed by atoms with Gasteiger partial charge in [-0.2, -0.15) is 0 Å². The number of carbonyl (C=O) groups excluding carboxylic acids is 1. The van der Waals surface area contributed by atoms with Crippen molar-refractivity contribution >= 4 is 5.91 Å². The van der Waals surface area contributed by atoms with Crippen molar-refractivity contribution in [2.24, 2.45) is 5.92 Å². The zero-order chi connectivity index (χ0) is 18.8. The summed E-state index contributed by atoms with van der Waals surface area (Å²) in [5.74, 6) is 2.55. The molecule has 0 N–H and O–H groups in total. The van der Waals surface area contributed by atoms with E-state index >= 15 is 0 Å². The second-order valence-corrected chi connectivity index (χ2v) is 7.98. The minimum absolute atomic E-state index is 0.150. The van der Waals surface area contributed by atoms with Crippen LogP contribution in [0.2, 0.25) is 0 Å². The normalized spacial score (nSPS) is 16.8. The van der Waals surface area contributed by atoms with Crippen molar-refractivity contribution in [1.82, 2.24) is 10.1 Å². The Balaban J connectivity index is 1.37. The van der Waals surface area contributed by atoms with Crippen LogP contribution in [0.4, 0.5) is 0 Å². The summed E-state index contributed by atoms with van der Waals surface area (Å²) in [5, 5.41) is 3.96. The minimum Gasteiger partial charge on any atom is -0.493 e. The van der Waals surface area contributed by atoms with Crippen molar-refractivity contribution in [2.75, 3.05) is 6.61 Å². The van der Waals surface area contributed by atoms with E-state index in [1.165, 1.54) is 19.3 Å². The molecule has 0 atom stereocenters. The molecule has 1 aromatic carbocycles. The number of carbonyl (C=O) groups is 1. The third-order valence-electron chi connectivity index (χ3n) is 5.80. The first-order valence-corrected chi connectivity index (χ1v) is 10.0. The first-order valence-electron chi connectivity index (χ1n) is 10.0. The summed E-state index contributed by atoms with van der Waals surface area (Å²) in [7, 11) is 0. The summed E-state index contributed by atoms with van der Waals surface area (Å²) in [5.41, 5.74) is 2.87. The molecule has 0 saturated heterocycles. The second-order valence-electron chi connectivity index (χ2n) is 7.98. The molecule has 1 aromatic heterocycles. The van der Waals surface area contributed by atoms with Gasteiger partial charge in [0.05, 0.1) is 18.7 Å². The van der Waals surface area contributed by atoms with E-state index in [1.807, 2.05) is 30.9 Å². The Morgan fingerprint density at radius 1 is 1.19 bits per heavy atom. The van der Waals surface area contributed by atoms with Crippen molar-refractivity contribution in [3.63, 3.8) is 0 Å². The summed E-state index contributed by atoms with van der Waals surface area (Å²) in [6.45, 7) is 5.23. The van der Waals surface area contributed by atoms with Crippen LogP contribution in [0.1, 0.15) is 54.7 Å². The summed E-state index contributed by atoms with van der Waals surface area (Å²) in [6, 6.07) is 8.58. The largest absolute Gasteiger partial charge is 0.493 e. The number of rotatable bonds is 8. The van der Waals surface area contributed by atoms with Crippen LogP contribution in [-0.2, 0) is 17.8 Å². The maximum Gasteiger partial charge on any atom is 0.227 e. The Morgan fingerprint density at radius 2 is 1.93 bits per heavy atom. The molecule has 5 nitrogen and oxygen atoms in total. The van der Waals surface area contributed by atoms with Gasteiger partial charge in [-0.1, -0.05) is 23.7 Å². The molecule has 5 heteroatoms. The van der Waals surface area contributed by atoms with Crippen molar-refractivity contribution in [3.8, 4) is 5.75 Å². The molecule has 2 aliphatic carbocycles. The molecule has 27 heavy (non-hydrogen) atoms. The number of hydrogen-bond acceptors (Lipinski definition) is 4. The van der Waals surface area contributed by atoms with Crippen LogP contribution in [0.15, 0.2) is 28.8 Å². The Hall–Kier alpha value is -2.30. The molecular formula is C22H28N2O3. The van der Waals surface area contributed by atoms with Gasteiger partial charge >= 0.3 is 0 Å². The van der Waals surface area contributed by atoms with Gasteiger partial charge in [0.15, 0.2) is 0 Å². The highest BCUT2D eigenvalue weighted by Gasteiger charge is 2.33. The van der Waals surface area contributed by atoms with Gasteiger partial charge in [0.1, 0.15) is 11.5 Å². The van der Waals surface area contributed by atoms with Crippen LogP contribution in [0.5, 0.6) is 5.75 Å². The monoisotopic (exact) mass is 368 g/mol. The number of ether oxygens (including phenoxy) is 1. The number of amides is 1. The quantitative estimate of drug-likeness (QED) is 0.701. The van der Waals surface area contributed by atoms with Gasteiger partial charge < -0.3 is 14.2 Å². The van der Waals surface area contributed by atoms with Crippen LogP contribution in [-0.4, -0.2) is 28.6 Å². The molecule has 4 rings (SSSR count). The predicted octanol–water partition coefficient (Wildman–Crippen LogP) is 4.20. The van der Waals surface area contributed by atoms with Crippen molar-refractivity contribution < 1.29 is 14.1 Å². The molecule has 2 saturated carbocycles. The molecule has 1 heterocycles. The first-order chi connectivity index (χ1) is 13.1. The molecule has 2 fully saturated rings. The molecule has 0 unspecified atom stereocenters. The third-order valence-corrected chi connectivity index (χ3v) is 5.80. The van der Waals surface area contributed by atoms with Gasteiger partial charge in [-0.15, -0.1) is 0 Å². The van der Waals surface area contributed by atoms with Crippen molar-refractivity contribution in [2.45, 2.75) is 65.0 Å². The van der Waals surface area contributed by atoms with E-state index in [2.05, 4.69) is 17.3 Å². The van der Waals surface area contributed by atoms with E-state index in [9.17, 15) is 4.79 Å². The minimum atomic E-state index is 0.150. The average molecular weight is 368 g/mol. The maximum atomic E-state index is 12.9. The number of aryl methyl sites for hydroxylation is 2. The third kappa shape index (κ3) is 4.34. The zero-order valence-electron chi connectivity index (χ0n) is 16.2. The molecule has 0 spiro atoms. The van der Waals surface area contributed by atoms with Crippen molar-refractivity contribution in [1.29, 1.82) is 0 Å². The van der Waals surface area contributed by atoms with Crippen molar-refractivity contribution in [3.05, 3.63) is 46.8 Å². The zero-order valence-corrected chi connectivity index (χ0v) is 16.2. The standard InChI is InChI=1S/C22H28N2O3/c1-15-21(16(2)27-23-15)12-22(25)24(19-8-9-19)13-17-6-10-20(11-7-17)26-14-18-4-3-5-18/h6-7,10-11,18-19H,3-5,8-9,12-14H2,1-2H3. The lowest BCUT2D eigenvalue weighted by Gasteiger charge is -2.25. The maximum absolute atomic E-state index is 12.9. The number of aromatic nitrogens is 1. The predicted molar refractivity (Wildman–Crippen MR) is 103 cm³/mol. The Bertz CT molecular complexity index is 769. The number of nitrogens with zero attached hydrogens (tertiary/aromatic N) is 2. The van der Waals surface area contributed by atoms with E-state index in [0.29, 0.717) is 19.0 Å². The highest BCUT2D eigenvalue weighted by molar-refractivity contribution is 5.79. The first kappa shape index (κ1) is 18.1. The Labute approximate surface area is 160 Å². The lowest BCUT2D eigenvalue weighted by Crippen LogP contribution is -2.34. The number of hydrogen-bond donors (Lipinski definition) is 0. The fraction of sp³-hybridized carbons (Fsp3) is 0.545. The van der Waals surface area contributed by atoms with Crippen LogP contribution >= 0.6 is 0 Å². The molecule has 0 aliphatic heterocycles. The molecule has 1 amide bonds. The molecule has 0 bridgehead atoms. The van der Waals surface area contributed by atoms with Gasteiger partial charge in [0.25, 0.3) is 0 Å². The van der Waals surface area contributed by atoms with Crippen LogP contribution in [0, 0.1) is 19.8 Å². The topological polar surface area (TPSA) is 55.6 Å². The van der Waals surface area contributed by atoms with Gasteiger partial charge in [-0.05, 0) is 63.1 Å².